The summed E-state index contributed by atoms with van der Waals surface area (Å²) in [5, 5.41) is 0. The van der Waals surface area contributed by atoms with Crippen LogP contribution in [0.25, 0.3) is 0 Å². The highest BCUT2D eigenvalue weighted by atomic mass is 14.8. The van der Waals surface area contributed by atoms with Gasteiger partial charge in [-0.25, -0.2) is 0 Å². The van der Waals surface area contributed by atoms with Gasteiger partial charge in [0, 0.05) is 5.54 Å². The Morgan fingerprint density at radius 1 is 1.12 bits per heavy atom. The lowest BCUT2D eigenvalue weighted by Crippen LogP contribution is -2.53. The number of rotatable bonds is 0. The molecule has 0 radical (unpaired) electrons. The van der Waals surface area contributed by atoms with Crippen molar-refractivity contribution in [2.24, 2.45) is 11.1 Å². The Kier molecular flexibility index (Phi) is 0.965. The van der Waals surface area contributed by atoms with Crippen LogP contribution in [-0.2, 0) is 0 Å². The first kappa shape index (κ1) is 6.09. The fourth-order valence-corrected chi connectivity index (χ4v) is 2.13. The Morgan fingerprint density at radius 2 is 1.50 bits per heavy atom. The van der Waals surface area contributed by atoms with Gasteiger partial charge in [-0.15, -0.1) is 0 Å². The molecule has 0 amide bonds. The van der Waals surface area contributed by atoms with Crippen molar-refractivity contribution >= 4 is 0 Å². The Labute approximate surface area is 51.3 Å². The molecule has 48 valence electrons. The molecule has 0 heterocycles. The molecule has 1 rings (SSSR count). The molecule has 0 aromatic heterocycles. The Hall–Kier alpha value is -0.0400. The zero-order valence-electron chi connectivity index (χ0n) is 5.99. The zero-order valence-corrected chi connectivity index (χ0v) is 5.99. The molecule has 0 atom stereocenters. The summed E-state index contributed by atoms with van der Waals surface area (Å²) in [6, 6.07) is 0. The zero-order chi connectivity index (χ0) is 6.41. The van der Waals surface area contributed by atoms with E-state index < -0.39 is 0 Å². The first-order valence-electron chi connectivity index (χ1n) is 3.20. The average molecular weight is 113 g/mol. The van der Waals surface area contributed by atoms with Gasteiger partial charge in [-0.05, 0) is 25.2 Å². The molecule has 1 nitrogen and oxygen atoms in total. The second-order valence-electron chi connectivity index (χ2n) is 4.17. The molecule has 0 aromatic rings. The summed E-state index contributed by atoms with van der Waals surface area (Å²) in [4.78, 5) is 0. The third-order valence-electron chi connectivity index (χ3n) is 1.76. The first-order valence-corrected chi connectivity index (χ1v) is 3.20. The Morgan fingerprint density at radius 3 is 1.50 bits per heavy atom. The van der Waals surface area contributed by atoms with Gasteiger partial charge in [0.1, 0.15) is 0 Å². The van der Waals surface area contributed by atoms with Crippen LogP contribution in [0.1, 0.15) is 33.6 Å². The highest BCUT2D eigenvalue weighted by Crippen LogP contribution is 2.45. The van der Waals surface area contributed by atoms with E-state index in [4.69, 9.17) is 5.73 Å². The molecule has 1 saturated carbocycles. The van der Waals surface area contributed by atoms with Crippen molar-refractivity contribution < 1.29 is 0 Å². The van der Waals surface area contributed by atoms with Crippen LogP contribution >= 0.6 is 0 Å². The van der Waals surface area contributed by atoms with E-state index in [1.807, 2.05) is 0 Å². The van der Waals surface area contributed by atoms with Crippen molar-refractivity contribution in [1.29, 1.82) is 0 Å². The molecule has 0 spiro atoms. The topological polar surface area (TPSA) is 26.0 Å². The van der Waals surface area contributed by atoms with Crippen molar-refractivity contribution in [2.75, 3.05) is 0 Å². The van der Waals surface area contributed by atoms with Crippen molar-refractivity contribution in [2.45, 2.75) is 39.2 Å². The van der Waals surface area contributed by atoms with Crippen molar-refractivity contribution in [3.05, 3.63) is 0 Å². The van der Waals surface area contributed by atoms with Gasteiger partial charge in [-0.2, -0.15) is 0 Å². The van der Waals surface area contributed by atoms with Crippen molar-refractivity contribution in [3.8, 4) is 0 Å². The molecule has 1 fully saturated rings. The van der Waals surface area contributed by atoms with E-state index in [1.165, 1.54) is 12.8 Å². The van der Waals surface area contributed by atoms with Gasteiger partial charge in [0.25, 0.3) is 0 Å². The van der Waals surface area contributed by atoms with Gasteiger partial charge in [0.05, 0.1) is 0 Å². The molecule has 8 heavy (non-hydrogen) atoms. The van der Waals surface area contributed by atoms with Crippen LogP contribution in [0.4, 0.5) is 0 Å². The normalized spacial score (nSPS) is 31.5. The number of hydrogen-bond donors (Lipinski definition) is 1. The van der Waals surface area contributed by atoms with Crippen LogP contribution in [0.15, 0.2) is 0 Å². The molecule has 1 heteroatoms. The molecule has 1 aliphatic rings. The molecule has 0 aliphatic heterocycles. The maximum atomic E-state index is 5.80. The van der Waals surface area contributed by atoms with E-state index in [2.05, 4.69) is 20.8 Å². The lowest BCUT2D eigenvalue weighted by Gasteiger charge is -2.48. The predicted octanol–water partition coefficient (Wildman–Crippen LogP) is 1.52. The second-order valence-corrected chi connectivity index (χ2v) is 4.17. The average Bonchev–Trinajstić information content (AvgIpc) is 1.20. The molecular formula is C7H15N. The highest BCUT2D eigenvalue weighted by Gasteiger charge is 2.42. The van der Waals surface area contributed by atoms with Gasteiger partial charge < -0.3 is 5.73 Å². The maximum absolute atomic E-state index is 5.80. The largest absolute Gasteiger partial charge is 0.325 e. The quantitative estimate of drug-likeness (QED) is 0.506. The molecule has 0 unspecified atom stereocenters. The van der Waals surface area contributed by atoms with E-state index in [1.54, 1.807) is 0 Å². The molecule has 0 aromatic carbocycles. The SMILES string of the molecule is CC1(C)CC(C)(N)C1. The standard InChI is InChI=1S/C7H15N/c1-6(2)4-7(3,8)5-6/h4-5,8H2,1-3H3. The van der Waals surface area contributed by atoms with Crippen LogP contribution in [0.5, 0.6) is 0 Å². The van der Waals surface area contributed by atoms with Crippen LogP contribution in [0, 0.1) is 5.41 Å². The predicted molar refractivity (Wildman–Crippen MR) is 35.6 cm³/mol. The lowest BCUT2D eigenvalue weighted by atomic mass is 9.61. The number of nitrogens with two attached hydrogens (primary N) is 1. The fraction of sp³-hybridized carbons (Fsp3) is 1.00. The van der Waals surface area contributed by atoms with Gasteiger partial charge in [0.2, 0.25) is 0 Å². The maximum Gasteiger partial charge on any atom is 0.0136 e. The van der Waals surface area contributed by atoms with E-state index in [-0.39, 0.29) is 5.54 Å². The minimum Gasteiger partial charge on any atom is -0.325 e. The van der Waals surface area contributed by atoms with E-state index >= 15 is 0 Å². The van der Waals surface area contributed by atoms with Crippen LogP contribution in [0.3, 0.4) is 0 Å². The number of hydrogen-bond acceptors (Lipinski definition) is 1. The molecule has 1 aliphatic carbocycles. The van der Waals surface area contributed by atoms with Gasteiger partial charge in [0.15, 0.2) is 0 Å². The summed E-state index contributed by atoms with van der Waals surface area (Å²) in [6.45, 7) is 6.65. The molecule has 2 N–H and O–H groups in total. The summed E-state index contributed by atoms with van der Waals surface area (Å²) < 4.78 is 0. The Bertz CT molecular complexity index is 81.0. The minimum absolute atomic E-state index is 0.156. The third kappa shape index (κ3) is 1.03. The minimum atomic E-state index is 0.156. The fourth-order valence-electron chi connectivity index (χ4n) is 2.13. The molecule has 0 saturated heterocycles. The second kappa shape index (κ2) is 1.27. The summed E-state index contributed by atoms with van der Waals surface area (Å²) in [7, 11) is 0. The highest BCUT2D eigenvalue weighted by molar-refractivity contribution is 4.99. The Balaban J connectivity index is 2.42. The van der Waals surface area contributed by atoms with Crippen LogP contribution in [-0.4, -0.2) is 5.54 Å². The summed E-state index contributed by atoms with van der Waals surface area (Å²) in [5.74, 6) is 0. The summed E-state index contributed by atoms with van der Waals surface area (Å²) in [6.07, 6.45) is 2.36. The van der Waals surface area contributed by atoms with E-state index in [0.717, 1.165) is 0 Å². The van der Waals surface area contributed by atoms with Crippen LogP contribution in [0.2, 0.25) is 0 Å². The first-order chi connectivity index (χ1) is 3.41. The van der Waals surface area contributed by atoms with E-state index in [9.17, 15) is 0 Å². The molecular weight excluding hydrogens is 98.1 g/mol. The lowest BCUT2D eigenvalue weighted by molar-refractivity contribution is 0.0786. The summed E-state index contributed by atoms with van der Waals surface area (Å²) in [5.41, 5.74) is 6.48. The van der Waals surface area contributed by atoms with Crippen LogP contribution < -0.4 is 5.73 Å². The smallest absolute Gasteiger partial charge is 0.0136 e. The molecule has 0 bridgehead atoms. The summed E-state index contributed by atoms with van der Waals surface area (Å²) >= 11 is 0. The van der Waals surface area contributed by atoms with Gasteiger partial charge in [-0.3, -0.25) is 0 Å². The van der Waals surface area contributed by atoms with Crippen molar-refractivity contribution in [1.82, 2.24) is 0 Å². The monoisotopic (exact) mass is 113 g/mol. The van der Waals surface area contributed by atoms with E-state index in [0.29, 0.717) is 5.41 Å². The van der Waals surface area contributed by atoms with Gasteiger partial charge in [-0.1, -0.05) is 13.8 Å². The van der Waals surface area contributed by atoms with Gasteiger partial charge >= 0.3 is 0 Å². The van der Waals surface area contributed by atoms with Crippen molar-refractivity contribution in [3.63, 3.8) is 0 Å². The third-order valence-corrected chi connectivity index (χ3v) is 1.76.